The first kappa shape index (κ1) is 18.2. The van der Waals surface area contributed by atoms with E-state index in [0.717, 1.165) is 29.9 Å². The van der Waals surface area contributed by atoms with Gasteiger partial charge in [0.2, 0.25) is 0 Å². The molecule has 2 nitrogen and oxygen atoms in total. The van der Waals surface area contributed by atoms with Gasteiger partial charge in [-0.1, -0.05) is 48.0 Å². The van der Waals surface area contributed by atoms with Gasteiger partial charge >= 0.3 is 0 Å². The van der Waals surface area contributed by atoms with Gasteiger partial charge in [0.15, 0.2) is 5.78 Å². The molecule has 1 aliphatic rings. The van der Waals surface area contributed by atoms with E-state index in [1.807, 2.05) is 30.3 Å². The number of anilines is 1. The van der Waals surface area contributed by atoms with Crippen LogP contribution in [0.4, 0.5) is 5.69 Å². The third-order valence-electron chi connectivity index (χ3n) is 5.56. The molecule has 0 atom stereocenters. The Hall–Kier alpha value is -3.13. The van der Waals surface area contributed by atoms with Gasteiger partial charge in [-0.05, 0) is 78.9 Å². The Balaban J connectivity index is 1.45. The smallest absolute Gasteiger partial charge is 0.185 e. The molecule has 0 aliphatic carbocycles. The second-order valence-electron chi connectivity index (χ2n) is 7.72. The first-order valence-electron chi connectivity index (χ1n) is 9.73. The quantitative estimate of drug-likeness (QED) is 0.415. The summed E-state index contributed by atoms with van der Waals surface area (Å²) in [5.74, 6) is 0.0306. The van der Waals surface area contributed by atoms with Crippen molar-refractivity contribution >= 4 is 17.5 Å². The number of aryl methyl sites for hydroxylation is 3. The Morgan fingerprint density at radius 1 is 0.821 bits per heavy atom. The molecule has 0 saturated carbocycles. The van der Waals surface area contributed by atoms with Crippen LogP contribution in [0.3, 0.4) is 0 Å². The number of hydrogen-bond donors (Lipinski definition) is 0. The van der Waals surface area contributed by atoms with Gasteiger partial charge in [0.25, 0.3) is 0 Å². The summed E-state index contributed by atoms with van der Waals surface area (Å²) in [5.41, 5.74) is 9.64. The third kappa shape index (κ3) is 3.77. The number of rotatable bonds is 4. The highest BCUT2D eigenvalue weighted by molar-refractivity contribution is 6.07. The lowest BCUT2D eigenvalue weighted by atomic mass is 10.0. The lowest BCUT2D eigenvalue weighted by molar-refractivity contribution is 0.104. The molecule has 0 radical (unpaired) electrons. The molecule has 0 spiro atoms. The predicted octanol–water partition coefficient (Wildman–Crippen LogP) is 6.03. The Morgan fingerprint density at radius 2 is 1.39 bits per heavy atom. The lowest BCUT2D eigenvalue weighted by Gasteiger charge is -2.17. The molecule has 4 rings (SSSR count). The summed E-state index contributed by atoms with van der Waals surface area (Å²) in [4.78, 5) is 14.8. The summed E-state index contributed by atoms with van der Waals surface area (Å²) in [7, 11) is 0. The van der Waals surface area contributed by atoms with Crippen LogP contribution in [0.1, 0.15) is 43.7 Å². The van der Waals surface area contributed by atoms with E-state index in [1.54, 1.807) is 6.08 Å². The second-order valence-corrected chi connectivity index (χ2v) is 7.72. The van der Waals surface area contributed by atoms with E-state index < -0.39 is 0 Å². The number of hydrogen-bond acceptors (Lipinski definition) is 2. The third-order valence-corrected chi connectivity index (χ3v) is 5.56. The highest BCUT2D eigenvalue weighted by Crippen LogP contribution is 2.30. The summed E-state index contributed by atoms with van der Waals surface area (Å²) < 4.78 is 0. The fraction of sp³-hybridized carbons (Fsp3) is 0.192. The average molecular weight is 367 g/mol. The van der Waals surface area contributed by atoms with Gasteiger partial charge in [-0.2, -0.15) is 0 Å². The number of carbonyl (C=O) groups is 1. The summed E-state index contributed by atoms with van der Waals surface area (Å²) in [6.07, 6.45) is 3.52. The topological polar surface area (TPSA) is 20.3 Å². The Bertz CT molecular complexity index is 1010. The van der Waals surface area contributed by atoms with Crippen LogP contribution in [-0.2, 0) is 13.1 Å². The molecule has 3 aromatic rings. The highest BCUT2D eigenvalue weighted by Gasteiger charge is 2.20. The van der Waals surface area contributed by atoms with Crippen LogP contribution in [-0.4, -0.2) is 5.78 Å². The molecule has 0 bridgehead atoms. The van der Waals surface area contributed by atoms with Crippen LogP contribution < -0.4 is 4.90 Å². The fourth-order valence-electron chi connectivity index (χ4n) is 3.66. The fourth-order valence-corrected chi connectivity index (χ4v) is 3.66. The van der Waals surface area contributed by atoms with Gasteiger partial charge in [-0.15, -0.1) is 0 Å². The SMILES string of the molecule is Cc1ccc(/C=C/C(=O)c2ccc(N3Cc4cc(C)c(C)cc4C3)cc2)cc1. The van der Waals surface area contributed by atoms with E-state index in [0.29, 0.717) is 0 Å². The summed E-state index contributed by atoms with van der Waals surface area (Å²) in [5, 5.41) is 0. The zero-order chi connectivity index (χ0) is 19.7. The minimum atomic E-state index is 0.0306. The molecule has 0 fully saturated rings. The Labute approximate surface area is 167 Å². The molecule has 0 amide bonds. The normalized spacial score (nSPS) is 13.2. The van der Waals surface area contributed by atoms with Gasteiger partial charge in [-0.3, -0.25) is 4.79 Å². The van der Waals surface area contributed by atoms with E-state index in [1.165, 1.54) is 27.8 Å². The summed E-state index contributed by atoms with van der Waals surface area (Å²) in [6.45, 7) is 8.25. The molecule has 2 heteroatoms. The minimum absolute atomic E-state index is 0.0306. The van der Waals surface area contributed by atoms with Crippen molar-refractivity contribution in [2.24, 2.45) is 0 Å². The number of benzene rings is 3. The van der Waals surface area contributed by atoms with Crippen molar-refractivity contribution in [3.8, 4) is 0 Å². The van der Waals surface area contributed by atoms with Crippen molar-refractivity contribution in [3.63, 3.8) is 0 Å². The average Bonchev–Trinajstić information content (AvgIpc) is 3.10. The van der Waals surface area contributed by atoms with Gasteiger partial charge in [0.05, 0.1) is 0 Å². The molecule has 0 saturated heterocycles. The molecule has 1 aliphatic heterocycles. The molecule has 28 heavy (non-hydrogen) atoms. The van der Waals surface area contributed by atoms with Crippen molar-refractivity contribution in [1.82, 2.24) is 0 Å². The van der Waals surface area contributed by atoms with Crippen molar-refractivity contribution in [3.05, 3.63) is 106 Å². The van der Waals surface area contributed by atoms with E-state index in [9.17, 15) is 4.79 Å². The van der Waals surface area contributed by atoms with Crippen LogP contribution in [0.25, 0.3) is 6.08 Å². The van der Waals surface area contributed by atoms with Gasteiger partial charge in [0.1, 0.15) is 0 Å². The van der Waals surface area contributed by atoms with Gasteiger partial charge < -0.3 is 4.90 Å². The van der Waals surface area contributed by atoms with Crippen molar-refractivity contribution in [1.29, 1.82) is 0 Å². The standard InChI is InChI=1S/C26H25NO/c1-18-4-6-21(7-5-18)8-13-26(28)22-9-11-25(12-10-22)27-16-23-14-19(2)20(3)15-24(23)17-27/h4-15H,16-17H2,1-3H3/b13-8+. The van der Waals surface area contributed by atoms with Crippen molar-refractivity contribution in [2.75, 3.05) is 4.90 Å². The van der Waals surface area contributed by atoms with Crippen LogP contribution in [0, 0.1) is 20.8 Å². The van der Waals surface area contributed by atoms with Crippen LogP contribution >= 0.6 is 0 Å². The molecule has 1 heterocycles. The molecule has 140 valence electrons. The molecule has 0 unspecified atom stereocenters. The predicted molar refractivity (Wildman–Crippen MR) is 117 cm³/mol. The van der Waals surface area contributed by atoms with Crippen LogP contribution in [0.2, 0.25) is 0 Å². The zero-order valence-corrected chi connectivity index (χ0v) is 16.7. The van der Waals surface area contributed by atoms with Crippen LogP contribution in [0.15, 0.2) is 66.7 Å². The number of nitrogens with zero attached hydrogens (tertiary/aromatic N) is 1. The Morgan fingerprint density at radius 3 is 1.96 bits per heavy atom. The first-order valence-corrected chi connectivity index (χ1v) is 9.73. The van der Waals surface area contributed by atoms with E-state index >= 15 is 0 Å². The highest BCUT2D eigenvalue weighted by atomic mass is 16.1. The number of ketones is 1. The maximum Gasteiger partial charge on any atom is 0.185 e. The van der Waals surface area contributed by atoms with Gasteiger partial charge in [0, 0.05) is 24.3 Å². The zero-order valence-electron chi connectivity index (χ0n) is 16.7. The Kier molecular flexibility index (Phi) is 4.87. The molecular weight excluding hydrogens is 342 g/mol. The number of allylic oxidation sites excluding steroid dienone is 1. The molecule has 0 aromatic heterocycles. The summed E-state index contributed by atoms with van der Waals surface area (Å²) in [6, 6.07) is 20.7. The van der Waals surface area contributed by atoms with Crippen LogP contribution in [0.5, 0.6) is 0 Å². The maximum atomic E-state index is 12.5. The van der Waals surface area contributed by atoms with Gasteiger partial charge in [-0.25, -0.2) is 0 Å². The molecule has 3 aromatic carbocycles. The molecule has 0 N–H and O–H groups in total. The maximum absolute atomic E-state index is 12.5. The second kappa shape index (κ2) is 7.47. The minimum Gasteiger partial charge on any atom is -0.363 e. The van der Waals surface area contributed by atoms with Crippen molar-refractivity contribution < 1.29 is 4.79 Å². The monoisotopic (exact) mass is 367 g/mol. The van der Waals surface area contributed by atoms with E-state index in [4.69, 9.17) is 0 Å². The number of fused-ring (bicyclic) bond motifs is 1. The van der Waals surface area contributed by atoms with Crippen molar-refractivity contribution in [2.45, 2.75) is 33.9 Å². The lowest BCUT2D eigenvalue weighted by Crippen LogP contribution is -2.14. The van der Waals surface area contributed by atoms with E-state index in [-0.39, 0.29) is 5.78 Å². The summed E-state index contributed by atoms with van der Waals surface area (Å²) >= 11 is 0. The number of carbonyl (C=O) groups excluding carboxylic acids is 1. The van der Waals surface area contributed by atoms with E-state index in [2.05, 4.69) is 62.1 Å². The largest absolute Gasteiger partial charge is 0.363 e. The molecular formula is C26H25NO. The first-order chi connectivity index (χ1) is 13.5.